The van der Waals surface area contributed by atoms with Gasteiger partial charge in [-0.15, -0.1) is 0 Å². The molecule has 0 spiro atoms. The van der Waals surface area contributed by atoms with Crippen LogP contribution in [0.15, 0.2) is 53.7 Å². The van der Waals surface area contributed by atoms with Crippen LogP contribution in [-0.2, 0) is 16.1 Å². The maximum atomic E-state index is 12.3. The lowest BCUT2D eigenvalue weighted by Gasteiger charge is -2.07. The minimum Gasteiger partial charge on any atom is -0.434 e. The van der Waals surface area contributed by atoms with Gasteiger partial charge in [-0.25, -0.2) is 0 Å². The number of anilines is 1. The van der Waals surface area contributed by atoms with Crippen LogP contribution in [-0.4, -0.2) is 25.3 Å². The molecule has 1 amide bonds. The van der Waals surface area contributed by atoms with Gasteiger partial charge in [0.15, 0.2) is 6.61 Å². The number of carbonyl (C=O) groups excluding carboxylic acids is 1. The molecule has 2 rings (SSSR count). The molecule has 1 N–H and O–H groups in total. The van der Waals surface area contributed by atoms with Crippen LogP contribution in [0.3, 0.4) is 0 Å². The molecule has 0 aliphatic rings. The van der Waals surface area contributed by atoms with Crippen molar-refractivity contribution in [2.24, 2.45) is 5.16 Å². The van der Waals surface area contributed by atoms with Gasteiger partial charge >= 0.3 is 6.61 Å². The van der Waals surface area contributed by atoms with Crippen LogP contribution >= 0.6 is 0 Å². The number of aryl methyl sites for hydroxylation is 1. The molecule has 7 heteroatoms. The Morgan fingerprint density at radius 2 is 2.04 bits per heavy atom. The predicted molar refractivity (Wildman–Crippen MR) is 91.1 cm³/mol. The largest absolute Gasteiger partial charge is 0.434 e. The van der Waals surface area contributed by atoms with Gasteiger partial charge in [-0.3, -0.25) is 4.79 Å². The van der Waals surface area contributed by atoms with E-state index in [0.717, 1.165) is 12.0 Å². The minimum atomic E-state index is -2.93. The highest BCUT2D eigenvalue weighted by molar-refractivity contribution is 5.91. The average Bonchev–Trinajstić information content (AvgIpc) is 2.59. The van der Waals surface area contributed by atoms with E-state index < -0.39 is 6.61 Å². The van der Waals surface area contributed by atoms with Crippen LogP contribution in [0.5, 0.6) is 5.75 Å². The van der Waals surface area contributed by atoms with Crippen LogP contribution < -0.4 is 10.1 Å². The summed E-state index contributed by atoms with van der Waals surface area (Å²) >= 11 is 0. The van der Waals surface area contributed by atoms with Gasteiger partial charge in [-0.05, 0) is 36.2 Å². The Labute approximate surface area is 144 Å². The summed E-state index contributed by atoms with van der Waals surface area (Å²) in [5, 5.41) is 6.31. The number of alkyl halides is 2. The summed E-state index contributed by atoms with van der Waals surface area (Å²) < 4.78 is 29.0. The number of nitrogens with one attached hydrogen (secondary N) is 1. The number of rotatable bonds is 8. The second-order valence-corrected chi connectivity index (χ2v) is 5.03. The van der Waals surface area contributed by atoms with Gasteiger partial charge in [0.1, 0.15) is 5.75 Å². The van der Waals surface area contributed by atoms with Crippen molar-refractivity contribution < 1.29 is 23.1 Å². The highest BCUT2D eigenvalue weighted by atomic mass is 19.3. The minimum absolute atomic E-state index is 0.0225. The molecule has 0 saturated carbocycles. The topological polar surface area (TPSA) is 59.9 Å². The molecule has 0 saturated heterocycles. The number of para-hydroxylation sites is 1. The number of nitrogens with zero attached hydrogens (tertiary/aromatic N) is 1. The van der Waals surface area contributed by atoms with Gasteiger partial charge in [0.25, 0.3) is 5.91 Å². The van der Waals surface area contributed by atoms with Crippen molar-refractivity contribution in [3.05, 3.63) is 59.7 Å². The van der Waals surface area contributed by atoms with Gasteiger partial charge < -0.3 is 14.9 Å². The lowest BCUT2D eigenvalue weighted by Crippen LogP contribution is -2.17. The fourth-order valence-electron chi connectivity index (χ4n) is 2.05. The summed E-state index contributed by atoms with van der Waals surface area (Å²) in [4.78, 5) is 16.7. The Hall–Kier alpha value is -2.96. The van der Waals surface area contributed by atoms with Crippen LogP contribution in [0.25, 0.3) is 0 Å². The third kappa shape index (κ3) is 6.21. The molecule has 2 aromatic carbocycles. The molecule has 0 unspecified atom stereocenters. The molecule has 0 heterocycles. The molecule has 0 fully saturated rings. The van der Waals surface area contributed by atoms with Gasteiger partial charge in [-0.2, -0.15) is 8.78 Å². The number of carbonyl (C=O) groups is 1. The molecule has 132 valence electrons. The van der Waals surface area contributed by atoms with E-state index in [-0.39, 0.29) is 18.3 Å². The van der Waals surface area contributed by atoms with Crippen molar-refractivity contribution >= 4 is 17.8 Å². The SMILES string of the molecule is CCc1cccc(NC(=O)CO/N=C\c2ccccc2OC(F)F)c1. The monoisotopic (exact) mass is 348 g/mol. The number of oxime groups is 1. The second kappa shape index (κ2) is 9.36. The first-order valence-electron chi connectivity index (χ1n) is 7.66. The van der Waals surface area contributed by atoms with Gasteiger partial charge in [0.05, 0.1) is 6.21 Å². The Kier molecular flexibility index (Phi) is 6.88. The molecule has 0 aliphatic heterocycles. The fraction of sp³-hybridized carbons (Fsp3) is 0.222. The third-order valence-electron chi connectivity index (χ3n) is 3.22. The van der Waals surface area contributed by atoms with E-state index >= 15 is 0 Å². The van der Waals surface area contributed by atoms with E-state index in [1.54, 1.807) is 24.3 Å². The third-order valence-corrected chi connectivity index (χ3v) is 3.22. The molecule has 0 aromatic heterocycles. The number of benzene rings is 2. The normalized spacial score (nSPS) is 10.9. The van der Waals surface area contributed by atoms with Crippen molar-refractivity contribution in [3.8, 4) is 5.75 Å². The maximum absolute atomic E-state index is 12.3. The Morgan fingerprint density at radius 1 is 1.24 bits per heavy atom. The van der Waals surface area contributed by atoms with E-state index in [4.69, 9.17) is 4.84 Å². The van der Waals surface area contributed by atoms with Crippen molar-refractivity contribution in [1.82, 2.24) is 0 Å². The average molecular weight is 348 g/mol. The molecule has 0 atom stereocenters. The van der Waals surface area contributed by atoms with Crippen molar-refractivity contribution in [1.29, 1.82) is 0 Å². The highest BCUT2D eigenvalue weighted by Crippen LogP contribution is 2.18. The van der Waals surface area contributed by atoms with Crippen molar-refractivity contribution in [2.75, 3.05) is 11.9 Å². The number of hydrogen-bond donors (Lipinski definition) is 1. The molecule has 25 heavy (non-hydrogen) atoms. The van der Waals surface area contributed by atoms with E-state index in [1.165, 1.54) is 12.3 Å². The summed E-state index contributed by atoms with van der Waals surface area (Å²) in [6, 6.07) is 13.6. The Balaban J connectivity index is 1.85. The maximum Gasteiger partial charge on any atom is 0.387 e. The first-order chi connectivity index (χ1) is 12.1. The van der Waals surface area contributed by atoms with Crippen LogP contribution in [0.2, 0.25) is 0 Å². The molecule has 2 aromatic rings. The predicted octanol–water partition coefficient (Wildman–Crippen LogP) is 3.84. The van der Waals surface area contributed by atoms with E-state index in [2.05, 4.69) is 15.2 Å². The molecule has 0 bridgehead atoms. The van der Waals surface area contributed by atoms with Crippen molar-refractivity contribution in [3.63, 3.8) is 0 Å². The Morgan fingerprint density at radius 3 is 2.80 bits per heavy atom. The molecular weight excluding hydrogens is 330 g/mol. The number of hydrogen-bond acceptors (Lipinski definition) is 4. The standard InChI is InChI=1S/C18H18F2N2O3/c1-2-13-6-5-8-15(10-13)22-17(23)12-24-21-11-14-7-3-4-9-16(14)25-18(19)20/h3-11,18H,2,12H2,1H3,(H,22,23)/b21-11-. The number of ether oxygens (including phenoxy) is 1. The summed E-state index contributed by atoms with van der Waals surface area (Å²) in [5.41, 5.74) is 2.10. The smallest absolute Gasteiger partial charge is 0.387 e. The van der Waals surface area contributed by atoms with Crippen LogP contribution in [0, 0.1) is 0 Å². The quantitative estimate of drug-likeness (QED) is 0.582. The lowest BCUT2D eigenvalue weighted by molar-refractivity contribution is -0.120. The molecular formula is C18H18F2N2O3. The van der Waals surface area contributed by atoms with Crippen molar-refractivity contribution in [2.45, 2.75) is 20.0 Å². The second-order valence-electron chi connectivity index (χ2n) is 5.03. The summed E-state index contributed by atoms with van der Waals surface area (Å²) in [5.74, 6) is -0.395. The molecule has 5 nitrogen and oxygen atoms in total. The van der Waals surface area contributed by atoms with Gasteiger partial charge in [0.2, 0.25) is 0 Å². The van der Waals surface area contributed by atoms with Crippen LogP contribution in [0.1, 0.15) is 18.1 Å². The summed E-state index contributed by atoms with van der Waals surface area (Å²) in [7, 11) is 0. The Bertz CT molecular complexity index is 736. The number of halogens is 2. The van der Waals surface area contributed by atoms with Gasteiger partial charge in [0, 0.05) is 11.3 Å². The van der Waals surface area contributed by atoms with E-state index in [1.807, 2.05) is 25.1 Å². The fourth-order valence-corrected chi connectivity index (χ4v) is 2.05. The first-order valence-corrected chi connectivity index (χ1v) is 7.66. The first kappa shape index (κ1) is 18.4. The zero-order valence-corrected chi connectivity index (χ0v) is 13.6. The summed E-state index contributed by atoms with van der Waals surface area (Å²) in [6.45, 7) is -1.21. The highest BCUT2D eigenvalue weighted by Gasteiger charge is 2.08. The van der Waals surface area contributed by atoms with E-state index in [0.29, 0.717) is 11.3 Å². The molecule has 0 radical (unpaired) electrons. The lowest BCUT2D eigenvalue weighted by atomic mass is 10.1. The van der Waals surface area contributed by atoms with Crippen LogP contribution in [0.4, 0.5) is 14.5 Å². The van der Waals surface area contributed by atoms with E-state index in [9.17, 15) is 13.6 Å². The number of amides is 1. The zero-order valence-electron chi connectivity index (χ0n) is 13.6. The zero-order chi connectivity index (χ0) is 18.1. The molecule has 0 aliphatic carbocycles. The summed E-state index contributed by atoms with van der Waals surface area (Å²) in [6.07, 6.45) is 2.08. The van der Waals surface area contributed by atoms with Gasteiger partial charge in [-0.1, -0.05) is 36.3 Å².